The lowest BCUT2D eigenvalue weighted by Crippen LogP contribution is -2.28. The van der Waals surface area contributed by atoms with Gasteiger partial charge in [-0.3, -0.25) is 0 Å². The van der Waals surface area contributed by atoms with Crippen molar-refractivity contribution in [1.82, 2.24) is 0 Å². The fourth-order valence-corrected chi connectivity index (χ4v) is 2.56. The quantitative estimate of drug-likeness (QED) is 0.628. The van der Waals surface area contributed by atoms with E-state index in [0.717, 1.165) is 21.8 Å². The Morgan fingerprint density at radius 3 is 2.35 bits per heavy atom. The van der Waals surface area contributed by atoms with E-state index in [2.05, 4.69) is 38.8 Å². The van der Waals surface area contributed by atoms with Crippen LogP contribution in [-0.4, -0.2) is 26.3 Å². The molecule has 1 unspecified atom stereocenters. The van der Waals surface area contributed by atoms with Crippen LogP contribution in [-0.2, 0) is 9.53 Å². The van der Waals surface area contributed by atoms with Crippen LogP contribution in [0.15, 0.2) is 21.1 Å². The van der Waals surface area contributed by atoms with Crippen LogP contribution < -0.4 is 9.47 Å². The Morgan fingerprint density at radius 2 is 1.80 bits per heavy atom. The maximum absolute atomic E-state index is 11.7. The molecule has 0 fully saturated rings. The van der Waals surface area contributed by atoms with Crippen LogP contribution in [0.2, 0.25) is 0 Å². The molecule has 1 aromatic rings. The zero-order valence-corrected chi connectivity index (χ0v) is 14.9. The summed E-state index contributed by atoms with van der Waals surface area (Å²) >= 11 is 6.81. The first kappa shape index (κ1) is 17.3. The van der Waals surface area contributed by atoms with Crippen molar-refractivity contribution in [2.24, 2.45) is 0 Å². The van der Waals surface area contributed by atoms with Crippen molar-refractivity contribution in [3.8, 4) is 11.5 Å². The van der Waals surface area contributed by atoms with Gasteiger partial charge in [0.25, 0.3) is 0 Å². The molecule has 0 aliphatic heterocycles. The largest absolute Gasteiger partial charge is 0.496 e. The minimum atomic E-state index is -0.600. The minimum absolute atomic E-state index is 0.364. The van der Waals surface area contributed by atoms with E-state index in [1.54, 1.807) is 19.2 Å². The second-order valence-corrected chi connectivity index (χ2v) is 5.90. The van der Waals surface area contributed by atoms with Gasteiger partial charge in [-0.1, -0.05) is 13.3 Å². The molecule has 0 heterocycles. The van der Waals surface area contributed by atoms with Gasteiger partial charge in [0.05, 0.1) is 23.2 Å². The van der Waals surface area contributed by atoms with Gasteiger partial charge in [0.2, 0.25) is 0 Å². The number of esters is 1. The van der Waals surface area contributed by atoms with Gasteiger partial charge < -0.3 is 14.2 Å². The van der Waals surface area contributed by atoms with E-state index in [1.165, 1.54) is 7.11 Å². The van der Waals surface area contributed by atoms with Crippen LogP contribution in [0.3, 0.4) is 0 Å². The molecule has 0 radical (unpaired) electrons. The number of hydrogen-bond acceptors (Lipinski definition) is 4. The Hall–Kier alpha value is -0.750. The number of carbonyl (C=O) groups excluding carboxylic acids is 1. The van der Waals surface area contributed by atoms with Gasteiger partial charge in [-0.2, -0.15) is 0 Å². The fraction of sp³-hybridized carbons (Fsp3) is 0.500. The van der Waals surface area contributed by atoms with Gasteiger partial charge in [0, 0.05) is 0 Å². The summed E-state index contributed by atoms with van der Waals surface area (Å²) in [5.41, 5.74) is 0. The number of hydrogen-bond donors (Lipinski definition) is 0. The Balaban J connectivity index is 2.92. The smallest absolute Gasteiger partial charge is 0.347 e. The molecule has 0 N–H and O–H groups in total. The molecule has 0 aliphatic carbocycles. The van der Waals surface area contributed by atoms with Gasteiger partial charge in [0.1, 0.15) is 11.5 Å². The summed E-state index contributed by atoms with van der Waals surface area (Å²) in [5, 5.41) is 0. The van der Waals surface area contributed by atoms with E-state index >= 15 is 0 Å². The van der Waals surface area contributed by atoms with Crippen LogP contribution in [0.4, 0.5) is 0 Å². The summed E-state index contributed by atoms with van der Waals surface area (Å²) in [5.74, 6) is 0.897. The molecule has 0 saturated heterocycles. The third kappa shape index (κ3) is 4.66. The highest BCUT2D eigenvalue weighted by atomic mass is 79.9. The molecular formula is C14H18Br2O4. The van der Waals surface area contributed by atoms with E-state index in [0.29, 0.717) is 17.9 Å². The lowest BCUT2D eigenvalue weighted by atomic mass is 10.1. The topological polar surface area (TPSA) is 44.8 Å². The highest BCUT2D eigenvalue weighted by Gasteiger charge is 2.22. The highest BCUT2D eigenvalue weighted by molar-refractivity contribution is 9.11. The molecule has 1 atom stereocenters. The molecule has 4 nitrogen and oxygen atoms in total. The molecule has 20 heavy (non-hydrogen) atoms. The van der Waals surface area contributed by atoms with Crippen LogP contribution in [0, 0.1) is 0 Å². The van der Waals surface area contributed by atoms with E-state index in [-0.39, 0.29) is 5.97 Å². The van der Waals surface area contributed by atoms with Gasteiger partial charge in [-0.15, -0.1) is 0 Å². The minimum Gasteiger partial charge on any atom is -0.496 e. The van der Waals surface area contributed by atoms with Crippen LogP contribution in [0.25, 0.3) is 0 Å². The Bertz CT molecular complexity index is 463. The number of rotatable bonds is 7. The van der Waals surface area contributed by atoms with E-state index in [1.807, 2.05) is 0 Å². The van der Waals surface area contributed by atoms with E-state index in [9.17, 15) is 4.79 Å². The standard InChI is InChI=1S/C14H18Br2O4/c1-4-5-6-11(14(17)19-3)20-13-8-9(15)12(18-2)7-10(13)16/h7-8,11H,4-6H2,1-3H3. The molecule has 0 aliphatic rings. The number of halogens is 2. The molecule has 0 spiro atoms. The summed E-state index contributed by atoms with van der Waals surface area (Å²) in [6.45, 7) is 2.06. The average molecular weight is 410 g/mol. The zero-order valence-electron chi connectivity index (χ0n) is 11.7. The first-order chi connectivity index (χ1) is 9.53. The maximum Gasteiger partial charge on any atom is 0.347 e. The van der Waals surface area contributed by atoms with Crippen molar-refractivity contribution in [2.45, 2.75) is 32.3 Å². The summed E-state index contributed by atoms with van der Waals surface area (Å²) in [4.78, 5) is 11.7. The molecule has 6 heteroatoms. The lowest BCUT2D eigenvalue weighted by molar-refractivity contribution is -0.149. The summed E-state index contributed by atoms with van der Waals surface area (Å²) < 4.78 is 17.2. The van der Waals surface area contributed by atoms with Crippen molar-refractivity contribution >= 4 is 37.8 Å². The molecule has 0 bridgehead atoms. The fourth-order valence-electron chi connectivity index (χ4n) is 1.66. The van der Waals surface area contributed by atoms with Gasteiger partial charge >= 0.3 is 5.97 Å². The third-order valence-corrected chi connectivity index (χ3v) is 4.00. The third-order valence-electron chi connectivity index (χ3n) is 2.76. The Morgan fingerprint density at radius 1 is 1.20 bits per heavy atom. The summed E-state index contributed by atoms with van der Waals surface area (Å²) in [7, 11) is 2.95. The number of ether oxygens (including phenoxy) is 3. The number of benzene rings is 1. The molecular weight excluding hydrogens is 392 g/mol. The number of carbonyl (C=O) groups is 1. The number of unbranched alkanes of at least 4 members (excludes halogenated alkanes) is 1. The first-order valence-corrected chi connectivity index (χ1v) is 7.89. The molecule has 112 valence electrons. The lowest BCUT2D eigenvalue weighted by Gasteiger charge is -2.18. The predicted octanol–water partition coefficient (Wildman–Crippen LogP) is 4.33. The Labute approximate surface area is 136 Å². The maximum atomic E-state index is 11.7. The van der Waals surface area contributed by atoms with Crippen LogP contribution in [0.5, 0.6) is 11.5 Å². The van der Waals surface area contributed by atoms with Crippen LogP contribution >= 0.6 is 31.9 Å². The van der Waals surface area contributed by atoms with Crippen molar-refractivity contribution in [2.75, 3.05) is 14.2 Å². The molecule has 0 saturated carbocycles. The average Bonchev–Trinajstić information content (AvgIpc) is 2.45. The highest BCUT2D eigenvalue weighted by Crippen LogP contribution is 2.36. The summed E-state index contributed by atoms with van der Waals surface area (Å²) in [6.07, 6.45) is 1.91. The Kier molecular flexibility index (Phi) is 7.37. The SMILES string of the molecule is CCCCC(Oc1cc(Br)c(OC)cc1Br)C(=O)OC. The molecule has 1 aromatic carbocycles. The van der Waals surface area contributed by atoms with E-state index < -0.39 is 6.10 Å². The van der Waals surface area contributed by atoms with Crippen molar-refractivity contribution in [1.29, 1.82) is 0 Å². The zero-order chi connectivity index (χ0) is 15.1. The van der Waals surface area contributed by atoms with Gasteiger partial charge in [-0.25, -0.2) is 4.79 Å². The predicted molar refractivity (Wildman–Crippen MR) is 84.4 cm³/mol. The van der Waals surface area contributed by atoms with Gasteiger partial charge in [0.15, 0.2) is 6.10 Å². The van der Waals surface area contributed by atoms with Crippen LogP contribution in [0.1, 0.15) is 26.2 Å². The first-order valence-electron chi connectivity index (χ1n) is 6.31. The second kappa shape index (κ2) is 8.52. The second-order valence-electron chi connectivity index (χ2n) is 4.19. The normalized spacial score (nSPS) is 11.8. The van der Waals surface area contributed by atoms with Crippen molar-refractivity contribution in [3.63, 3.8) is 0 Å². The monoisotopic (exact) mass is 408 g/mol. The summed E-state index contributed by atoms with van der Waals surface area (Å²) in [6, 6.07) is 3.55. The van der Waals surface area contributed by atoms with Crippen molar-refractivity contribution < 1.29 is 19.0 Å². The van der Waals surface area contributed by atoms with Gasteiger partial charge in [-0.05, 0) is 56.8 Å². The number of methoxy groups -OCH3 is 2. The molecule has 0 amide bonds. The molecule has 0 aromatic heterocycles. The van der Waals surface area contributed by atoms with Crippen molar-refractivity contribution in [3.05, 3.63) is 21.1 Å². The molecule has 1 rings (SSSR count). The van der Waals surface area contributed by atoms with E-state index in [4.69, 9.17) is 14.2 Å².